The molecule has 240 valence electrons. The van der Waals surface area contributed by atoms with Crippen LogP contribution in [0.15, 0.2) is 70.5 Å². The number of hydrogen-bond donors (Lipinski definition) is 0. The van der Waals surface area contributed by atoms with Crippen molar-refractivity contribution in [2.45, 2.75) is 115 Å². The Kier molecular flexibility index (Phi) is 16.5. The summed E-state index contributed by atoms with van der Waals surface area (Å²) in [5.41, 5.74) is 3.48. The van der Waals surface area contributed by atoms with E-state index >= 15 is 0 Å². The number of unbranched alkanes of at least 4 members (excludes halogenated alkanes) is 4. The normalized spacial score (nSPS) is 11.7. The van der Waals surface area contributed by atoms with Crippen molar-refractivity contribution in [3.63, 3.8) is 0 Å². The van der Waals surface area contributed by atoms with Gasteiger partial charge in [0, 0.05) is 0 Å². The van der Waals surface area contributed by atoms with Crippen LogP contribution < -0.4 is 0 Å². The zero-order valence-electron chi connectivity index (χ0n) is 27.2. The molecule has 0 N–H and O–H groups in total. The Hall–Kier alpha value is -1.52. The summed E-state index contributed by atoms with van der Waals surface area (Å²) in [6.07, 6.45) is 11.0. The van der Waals surface area contributed by atoms with Crippen molar-refractivity contribution in [1.82, 2.24) is 0 Å². The Morgan fingerprint density at radius 3 is 1.11 bits per heavy atom. The first kappa shape index (κ1) is 39.7. The molecule has 0 saturated heterocycles. The fourth-order valence-electron chi connectivity index (χ4n) is 5.56. The van der Waals surface area contributed by atoms with E-state index in [1.165, 1.54) is 0 Å². The number of rotatable bonds is 14. The minimum Gasteiger partial charge on any atom is -0.744 e. The second-order valence-corrected chi connectivity index (χ2v) is 14.2. The molecule has 0 spiro atoms. The average Bonchev–Trinajstić information content (AvgIpc) is 2.98. The summed E-state index contributed by atoms with van der Waals surface area (Å²) in [6.45, 7) is 8.35. The van der Waals surface area contributed by atoms with Gasteiger partial charge in [-0.1, -0.05) is 102 Å². The third-order valence-corrected chi connectivity index (χ3v) is 9.94. The number of benzene rings is 4. The van der Waals surface area contributed by atoms with Crippen LogP contribution in [0.4, 0.5) is 0 Å². The minimum absolute atomic E-state index is 0. The summed E-state index contributed by atoms with van der Waals surface area (Å²) in [5, 5.41) is 2.79. The molecule has 0 aliphatic carbocycles. The van der Waals surface area contributed by atoms with Crippen molar-refractivity contribution in [3.05, 3.63) is 82.9 Å². The van der Waals surface area contributed by atoms with Gasteiger partial charge in [-0.25, -0.2) is 16.8 Å². The SMILES string of the molecule is CCCCc1ccc2ccc(CCCC)c(S(=O)(=O)[O-])c2c1.CCCCc1ccc2ccc(CCCC)c(S(=O)(=O)[O-])c2c1.[Ca+2]. The molecule has 0 radical (unpaired) electrons. The average molecular weight is 679 g/mol. The van der Waals surface area contributed by atoms with Crippen LogP contribution in [0, 0.1) is 0 Å². The monoisotopic (exact) mass is 678 g/mol. The summed E-state index contributed by atoms with van der Waals surface area (Å²) < 4.78 is 70.8. The van der Waals surface area contributed by atoms with Gasteiger partial charge in [0.2, 0.25) is 0 Å². The molecular formula is C36H46CaO6S2. The Labute approximate surface area is 300 Å². The predicted molar refractivity (Wildman–Crippen MR) is 184 cm³/mol. The van der Waals surface area contributed by atoms with Crippen LogP contribution >= 0.6 is 0 Å². The molecule has 4 aromatic carbocycles. The molecule has 0 aromatic heterocycles. The van der Waals surface area contributed by atoms with E-state index in [9.17, 15) is 25.9 Å². The fourth-order valence-corrected chi connectivity index (χ4v) is 7.44. The smallest absolute Gasteiger partial charge is 0.744 e. The number of fused-ring (bicyclic) bond motifs is 2. The van der Waals surface area contributed by atoms with Crippen LogP contribution in [-0.2, 0) is 45.9 Å². The van der Waals surface area contributed by atoms with Crippen LogP contribution in [0.25, 0.3) is 21.5 Å². The van der Waals surface area contributed by atoms with Gasteiger partial charge in [-0.2, -0.15) is 0 Å². The summed E-state index contributed by atoms with van der Waals surface area (Å²) in [4.78, 5) is -0.0337. The molecule has 9 heteroatoms. The van der Waals surface area contributed by atoms with Crippen LogP contribution in [0.2, 0.25) is 0 Å². The molecule has 6 nitrogen and oxygen atoms in total. The van der Waals surface area contributed by atoms with Crippen molar-refractivity contribution >= 4 is 79.5 Å². The van der Waals surface area contributed by atoms with Crippen LogP contribution in [0.5, 0.6) is 0 Å². The molecule has 0 saturated carbocycles. The summed E-state index contributed by atoms with van der Waals surface area (Å²) in [7, 11) is -8.96. The largest absolute Gasteiger partial charge is 2.00 e. The van der Waals surface area contributed by atoms with E-state index in [0.29, 0.717) is 34.7 Å². The third-order valence-electron chi connectivity index (χ3n) is 7.97. The number of aryl methyl sites for hydroxylation is 4. The van der Waals surface area contributed by atoms with Crippen LogP contribution in [-0.4, -0.2) is 63.7 Å². The van der Waals surface area contributed by atoms with Gasteiger partial charge < -0.3 is 9.11 Å². The Bertz CT molecular complexity index is 1620. The van der Waals surface area contributed by atoms with Crippen LogP contribution in [0.1, 0.15) is 101 Å². The molecule has 0 aliphatic rings. The van der Waals surface area contributed by atoms with E-state index in [1.54, 1.807) is 12.1 Å². The molecule has 0 fully saturated rings. The predicted octanol–water partition coefficient (Wildman–Crippen LogP) is 8.48. The summed E-state index contributed by atoms with van der Waals surface area (Å²) in [5.74, 6) is 0. The second-order valence-electron chi connectivity index (χ2n) is 11.5. The first-order valence-electron chi connectivity index (χ1n) is 15.9. The van der Waals surface area contributed by atoms with E-state index in [1.807, 2.05) is 48.5 Å². The molecule has 0 aliphatic heterocycles. The van der Waals surface area contributed by atoms with Gasteiger partial charge in [-0.05, 0) is 107 Å². The quantitative estimate of drug-likeness (QED) is 0.0976. The van der Waals surface area contributed by atoms with Gasteiger partial charge in [0.15, 0.2) is 0 Å². The topological polar surface area (TPSA) is 114 Å². The van der Waals surface area contributed by atoms with E-state index in [-0.39, 0.29) is 47.5 Å². The fraction of sp³-hybridized carbons (Fsp3) is 0.444. The van der Waals surface area contributed by atoms with E-state index in [4.69, 9.17) is 0 Å². The molecule has 4 aromatic rings. The van der Waals surface area contributed by atoms with Gasteiger partial charge in [0.25, 0.3) is 0 Å². The molecule has 0 bridgehead atoms. The summed E-state index contributed by atoms with van der Waals surface area (Å²) >= 11 is 0. The van der Waals surface area contributed by atoms with E-state index in [2.05, 4.69) is 27.7 Å². The third kappa shape index (κ3) is 11.3. The van der Waals surface area contributed by atoms with Gasteiger partial charge in [-0.15, -0.1) is 0 Å². The van der Waals surface area contributed by atoms with Crippen molar-refractivity contribution in [2.24, 2.45) is 0 Å². The van der Waals surface area contributed by atoms with Crippen molar-refractivity contribution in [1.29, 1.82) is 0 Å². The maximum atomic E-state index is 11.8. The molecular weight excluding hydrogens is 633 g/mol. The first-order chi connectivity index (χ1) is 20.9. The standard InChI is InChI=1S/2C18H24O3S.Ca/c2*1-3-5-7-14-9-10-15-11-12-16(8-6-4-2)18(17(15)13-14)22(19,20)21;/h2*9-13H,3-8H2,1-2H3,(H,19,20,21);/q;;+2/p-2. The zero-order valence-corrected chi connectivity index (χ0v) is 31.1. The van der Waals surface area contributed by atoms with Gasteiger partial charge in [0.1, 0.15) is 20.2 Å². The Balaban J connectivity index is 0.000000307. The maximum Gasteiger partial charge on any atom is 2.00 e. The minimum atomic E-state index is -4.48. The maximum absolute atomic E-state index is 11.8. The van der Waals surface area contributed by atoms with E-state index in [0.717, 1.165) is 86.1 Å². The molecule has 0 unspecified atom stereocenters. The second kappa shape index (κ2) is 18.7. The van der Waals surface area contributed by atoms with Crippen molar-refractivity contribution < 1.29 is 25.9 Å². The van der Waals surface area contributed by atoms with E-state index < -0.39 is 20.2 Å². The van der Waals surface area contributed by atoms with Crippen LogP contribution in [0.3, 0.4) is 0 Å². The Morgan fingerprint density at radius 2 is 0.800 bits per heavy atom. The molecule has 0 heterocycles. The van der Waals surface area contributed by atoms with Gasteiger partial charge >= 0.3 is 37.7 Å². The molecule has 45 heavy (non-hydrogen) atoms. The molecule has 4 rings (SSSR count). The Morgan fingerprint density at radius 1 is 0.489 bits per heavy atom. The molecule has 0 amide bonds. The van der Waals surface area contributed by atoms with Crippen molar-refractivity contribution in [3.8, 4) is 0 Å². The number of hydrogen-bond acceptors (Lipinski definition) is 6. The first-order valence-corrected chi connectivity index (χ1v) is 18.8. The molecule has 0 atom stereocenters. The van der Waals surface area contributed by atoms with Crippen molar-refractivity contribution in [2.75, 3.05) is 0 Å². The van der Waals surface area contributed by atoms with Gasteiger partial charge in [0.05, 0.1) is 9.79 Å². The van der Waals surface area contributed by atoms with Gasteiger partial charge in [-0.3, -0.25) is 0 Å². The zero-order chi connectivity index (χ0) is 32.3. The summed E-state index contributed by atoms with van der Waals surface area (Å²) in [6, 6.07) is 19.0.